The summed E-state index contributed by atoms with van der Waals surface area (Å²) in [5.74, 6) is -0.531. The van der Waals surface area contributed by atoms with E-state index in [4.69, 9.17) is 0 Å². The molecule has 1 aromatic heterocycles. The van der Waals surface area contributed by atoms with E-state index in [2.05, 4.69) is 15.6 Å². The molecule has 3 rings (SSSR count). The number of carbonyl (C=O) groups excluding carboxylic acids is 2. The molecule has 2 amide bonds. The third-order valence-electron chi connectivity index (χ3n) is 4.44. The predicted octanol–water partition coefficient (Wildman–Crippen LogP) is 3.79. The van der Waals surface area contributed by atoms with Crippen LogP contribution in [0.15, 0.2) is 48.5 Å². The zero-order valence-electron chi connectivity index (χ0n) is 14.2. The summed E-state index contributed by atoms with van der Waals surface area (Å²) in [6, 6.07) is 14.3. The molecule has 0 unspecified atom stereocenters. The van der Waals surface area contributed by atoms with E-state index in [1.54, 1.807) is 30.3 Å². The number of aromatic nitrogens is 1. The predicted molar refractivity (Wildman–Crippen MR) is 97.6 cm³/mol. The van der Waals surface area contributed by atoms with Gasteiger partial charge in [0, 0.05) is 11.7 Å². The Morgan fingerprint density at radius 1 is 0.800 bits per heavy atom. The molecule has 0 bridgehead atoms. The number of hydrogen-bond donors (Lipinski definition) is 2. The van der Waals surface area contributed by atoms with Crippen LogP contribution in [0.2, 0.25) is 0 Å². The van der Waals surface area contributed by atoms with E-state index in [1.165, 1.54) is 12.8 Å². The van der Waals surface area contributed by atoms with Gasteiger partial charge >= 0.3 is 0 Å². The minimum absolute atomic E-state index is 0.207. The first-order valence-corrected chi connectivity index (χ1v) is 8.87. The monoisotopic (exact) mass is 337 g/mol. The molecule has 1 saturated carbocycles. The van der Waals surface area contributed by atoms with Crippen molar-refractivity contribution in [1.82, 2.24) is 10.3 Å². The first-order chi connectivity index (χ1) is 12.2. The molecule has 25 heavy (non-hydrogen) atoms. The van der Waals surface area contributed by atoms with Crippen molar-refractivity contribution in [3.8, 4) is 0 Å². The number of carbonyl (C=O) groups is 2. The second kappa shape index (κ2) is 8.42. The second-order valence-electron chi connectivity index (χ2n) is 6.39. The van der Waals surface area contributed by atoms with Crippen LogP contribution >= 0.6 is 0 Å². The summed E-state index contributed by atoms with van der Waals surface area (Å²) in [5.41, 5.74) is 1.21. The molecular weight excluding hydrogens is 314 g/mol. The number of nitrogens with one attached hydrogen (secondary N) is 2. The van der Waals surface area contributed by atoms with Gasteiger partial charge in [0.1, 0.15) is 11.4 Å². The minimum atomic E-state index is -0.324. The van der Waals surface area contributed by atoms with Crippen LogP contribution in [0.1, 0.15) is 59.5 Å². The number of para-hydroxylation sites is 1. The fourth-order valence-electron chi connectivity index (χ4n) is 3.09. The smallest absolute Gasteiger partial charge is 0.274 e. The zero-order chi connectivity index (χ0) is 17.5. The fraction of sp³-hybridized carbons (Fsp3) is 0.350. The highest BCUT2D eigenvalue weighted by atomic mass is 16.2. The number of anilines is 1. The summed E-state index contributed by atoms with van der Waals surface area (Å²) in [6.45, 7) is 0. The number of rotatable bonds is 4. The van der Waals surface area contributed by atoms with E-state index in [1.807, 2.05) is 18.2 Å². The molecule has 0 atom stereocenters. The Morgan fingerprint density at radius 2 is 1.44 bits per heavy atom. The largest absolute Gasteiger partial charge is 0.348 e. The molecule has 130 valence electrons. The SMILES string of the molecule is O=C(Nc1ccccc1)c1cccc(C(=O)NC2CCCCCC2)n1. The summed E-state index contributed by atoms with van der Waals surface area (Å²) >= 11 is 0. The van der Waals surface area contributed by atoms with Crippen molar-refractivity contribution in [2.45, 2.75) is 44.6 Å². The van der Waals surface area contributed by atoms with Gasteiger partial charge in [-0.2, -0.15) is 0 Å². The Kier molecular flexibility index (Phi) is 5.77. The molecule has 0 radical (unpaired) electrons. The lowest BCUT2D eigenvalue weighted by Crippen LogP contribution is -2.35. The van der Waals surface area contributed by atoms with Gasteiger partial charge in [0.05, 0.1) is 0 Å². The van der Waals surface area contributed by atoms with Crippen LogP contribution in [0.5, 0.6) is 0 Å². The topological polar surface area (TPSA) is 71.1 Å². The van der Waals surface area contributed by atoms with Crippen molar-refractivity contribution in [1.29, 1.82) is 0 Å². The van der Waals surface area contributed by atoms with E-state index >= 15 is 0 Å². The quantitative estimate of drug-likeness (QED) is 0.834. The van der Waals surface area contributed by atoms with Gasteiger partial charge in [-0.15, -0.1) is 0 Å². The van der Waals surface area contributed by atoms with Crippen molar-refractivity contribution in [3.63, 3.8) is 0 Å². The summed E-state index contributed by atoms with van der Waals surface area (Å²) in [5, 5.41) is 5.84. The Balaban J connectivity index is 1.65. The third kappa shape index (κ3) is 4.89. The van der Waals surface area contributed by atoms with Crippen LogP contribution in [0.4, 0.5) is 5.69 Å². The average Bonchev–Trinajstić information content (AvgIpc) is 2.91. The maximum atomic E-state index is 12.5. The van der Waals surface area contributed by atoms with Crippen LogP contribution in [-0.2, 0) is 0 Å². The molecule has 1 heterocycles. The fourth-order valence-corrected chi connectivity index (χ4v) is 3.09. The molecule has 1 aliphatic carbocycles. The van der Waals surface area contributed by atoms with Crippen LogP contribution < -0.4 is 10.6 Å². The normalized spacial score (nSPS) is 15.2. The lowest BCUT2D eigenvalue weighted by Gasteiger charge is -2.16. The summed E-state index contributed by atoms with van der Waals surface area (Å²) in [4.78, 5) is 29.0. The number of nitrogens with zero attached hydrogens (tertiary/aromatic N) is 1. The first-order valence-electron chi connectivity index (χ1n) is 8.87. The van der Waals surface area contributed by atoms with Gasteiger partial charge in [-0.25, -0.2) is 4.98 Å². The highest BCUT2D eigenvalue weighted by molar-refractivity contribution is 6.03. The number of benzene rings is 1. The van der Waals surface area contributed by atoms with Gasteiger partial charge in [0.15, 0.2) is 0 Å². The lowest BCUT2D eigenvalue weighted by atomic mass is 10.1. The highest BCUT2D eigenvalue weighted by Crippen LogP contribution is 2.17. The summed E-state index contributed by atoms with van der Waals surface area (Å²) in [7, 11) is 0. The minimum Gasteiger partial charge on any atom is -0.348 e. The van der Waals surface area contributed by atoms with Gasteiger partial charge in [-0.1, -0.05) is 49.9 Å². The van der Waals surface area contributed by atoms with E-state index in [-0.39, 0.29) is 29.2 Å². The maximum absolute atomic E-state index is 12.5. The molecule has 1 fully saturated rings. The number of pyridine rings is 1. The van der Waals surface area contributed by atoms with Crippen LogP contribution in [0, 0.1) is 0 Å². The van der Waals surface area contributed by atoms with Crippen molar-refractivity contribution in [2.75, 3.05) is 5.32 Å². The molecule has 2 N–H and O–H groups in total. The van der Waals surface area contributed by atoms with Crippen molar-refractivity contribution in [2.24, 2.45) is 0 Å². The van der Waals surface area contributed by atoms with Gasteiger partial charge < -0.3 is 10.6 Å². The lowest BCUT2D eigenvalue weighted by molar-refractivity contribution is 0.0928. The molecule has 0 aliphatic heterocycles. The second-order valence-corrected chi connectivity index (χ2v) is 6.39. The summed E-state index contributed by atoms with van der Waals surface area (Å²) < 4.78 is 0. The van der Waals surface area contributed by atoms with Gasteiger partial charge in [-0.3, -0.25) is 9.59 Å². The van der Waals surface area contributed by atoms with Crippen LogP contribution in [0.3, 0.4) is 0 Å². The Bertz CT molecular complexity index is 723. The number of amides is 2. The van der Waals surface area contributed by atoms with Gasteiger partial charge in [-0.05, 0) is 37.1 Å². The van der Waals surface area contributed by atoms with Gasteiger partial charge in [0.2, 0.25) is 0 Å². The van der Waals surface area contributed by atoms with E-state index in [0.717, 1.165) is 25.7 Å². The molecule has 1 aliphatic rings. The van der Waals surface area contributed by atoms with Crippen LogP contribution in [-0.4, -0.2) is 22.8 Å². The first kappa shape index (κ1) is 17.1. The maximum Gasteiger partial charge on any atom is 0.274 e. The summed E-state index contributed by atoms with van der Waals surface area (Å²) in [6.07, 6.45) is 6.80. The van der Waals surface area contributed by atoms with E-state index < -0.39 is 0 Å². The molecule has 0 saturated heterocycles. The molecule has 5 heteroatoms. The Labute approximate surface area is 147 Å². The average molecular weight is 337 g/mol. The van der Waals surface area contributed by atoms with E-state index in [9.17, 15) is 9.59 Å². The van der Waals surface area contributed by atoms with E-state index in [0.29, 0.717) is 5.69 Å². The van der Waals surface area contributed by atoms with Crippen molar-refractivity contribution < 1.29 is 9.59 Å². The van der Waals surface area contributed by atoms with Crippen molar-refractivity contribution in [3.05, 3.63) is 59.9 Å². The third-order valence-corrected chi connectivity index (χ3v) is 4.44. The van der Waals surface area contributed by atoms with Crippen molar-refractivity contribution >= 4 is 17.5 Å². The highest BCUT2D eigenvalue weighted by Gasteiger charge is 2.17. The Morgan fingerprint density at radius 3 is 2.12 bits per heavy atom. The van der Waals surface area contributed by atoms with Gasteiger partial charge in [0.25, 0.3) is 11.8 Å². The zero-order valence-corrected chi connectivity index (χ0v) is 14.2. The molecule has 5 nitrogen and oxygen atoms in total. The molecular formula is C20H23N3O2. The van der Waals surface area contributed by atoms with Crippen LogP contribution in [0.25, 0.3) is 0 Å². The molecule has 2 aromatic rings. The molecule has 1 aromatic carbocycles. The number of hydrogen-bond acceptors (Lipinski definition) is 3. The Hall–Kier alpha value is -2.69. The molecule has 0 spiro atoms. The standard InChI is InChI=1S/C20H23N3O2/c24-19(21-15-9-4-1-2-5-10-15)17-13-8-14-18(23-17)20(25)22-16-11-6-3-7-12-16/h3,6-8,11-15H,1-2,4-5,9-10H2,(H,21,24)(H,22,25).